The summed E-state index contributed by atoms with van der Waals surface area (Å²) in [4.78, 5) is 2.22. The third kappa shape index (κ3) is 2.81. The Balaban J connectivity index is 2.87. The normalized spacial score (nSPS) is 12.2. The second-order valence-electron chi connectivity index (χ2n) is 4.17. The zero-order valence-electron chi connectivity index (χ0n) is 10.7. The second kappa shape index (κ2) is 5.64. The summed E-state index contributed by atoms with van der Waals surface area (Å²) >= 11 is 0. The summed E-state index contributed by atoms with van der Waals surface area (Å²) in [6.45, 7) is 4.41. The molecule has 0 radical (unpaired) electrons. The molecule has 0 amide bonds. The monoisotopic (exact) mass is 222 g/mol. The smallest absolute Gasteiger partial charge is 0.121 e. The average Bonchev–Trinajstić information content (AvgIpc) is 2.28. The van der Waals surface area contributed by atoms with Gasteiger partial charge in [0.1, 0.15) is 5.75 Å². The first-order valence-corrected chi connectivity index (χ1v) is 5.76. The molecule has 16 heavy (non-hydrogen) atoms. The summed E-state index contributed by atoms with van der Waals surface area (Å²) in [5.41, 5.74) is 7.85. The molecular weight excluding hydrogens is 200 g/mol. The van der Waals surface area contributed by atoms with Crippen LogP contribution in [-0.4, -0.2) is 20.2 Å². The molecule has 2 N–H and O–H groups in total. The van der Waals surface area contributed by atoms with E-state index in [9.17, 15) is 0 Å². The Kier molecular flexibility index (Phi) is 4.47. The number of rotatable bonds is 5. The maximum Gasteiger partial charge on any atom is 0.121 e. The maximum atomic E-state index is 6.01. The van der Waals surface area contributed by atoms with Gasteiger partial charge in [-0.1, -0.05) is 13.3 Å². The largest absolute Gasteiger partial charge is 0.497 e. The van der Waals surface area contributed by atoms with Gasteiger partial charge in [-0.15, -0.1) is 0 Å². The molecule has 0 bridgehead atoms. The predicted molar refractivity (Wildman–Crippen MR) is 70.2 cm³/mol. The van der Waals surface area contributed by atoms with Crippen molar-refractivity contribution in [2.45, 2.75) is 32.7 Å². The van der Waals surface area contributed by atoms with Gasteiger partial charge in [-0.2, -0.15) is 0 Å². The van der Waals surface area contributed by atoms with E-state index in [1.165, 1.54) is 12.8 Å². The van der Waals surface area contributed by atoms with Crippen molar-refractivity contribution in [2.24, 2.45) is 0 Å². The molecule has 90 valence electrons. The lowest BCUT2D eigenvalue weighted by Crippen LogP contribution is -2.29. The van der Waals surface area contributed by atoms with Gasteiger partial charge in [0.05, 0.1) is 18.5 Å². The third-order valence-corrected chi connectivity index (χ3v) is 2.98. The summed E-state index contributed by atoms with van der Waals surface area (Å²) in [6.07, 6.45) is 2.35. The fourth-order valence-corrected chi connectivity index (χ4v) is 1.83. The number of benzene rings is 1. The Morgan fingerprint density at radius 2 is 2.12 bits per heavy atom. The third-order valence-electron chi connectivity index (χ3n) is 2.98. The summed E-state index contributed by atoms with van der Waals surface area (Å²) in [5, 5.41) is 0. The molecular formula is C13H22N2O. The van der Waals surface area contributed by atoms with Crippen molar-refractivity contribution < 1.29 is 4.74 Å². The lowest BCUT2D eigenvalue weighted by molar-refractivity contribution is 0.415. The van der Waals surface area contributed by atoms with Crippen molar-refractivity contribution in [3.05, 3.63) is 18.2 Å². The number of nitrogen functional groups attached to an aromatic ring is 1. The van der Waals surface area contributed by atoms with Gasteiger partial charge in [-0.25, -0.2) is 0 Å². The molecule has 0 saturated carbocycles. The van der Waals surface area contributed by atoms with Crippen LogP contribution in [0.2, 0.25) is 0 Å². The quantitative estimate of drug-likeness (QED) is 0.778. The van der Waals surface area contributed by atoms with Crippen LogP contribution in [-0.2, 0) is 0 Å². The first-order valence-electron chi connectivity index (χ1n) is 5.76. The predicted octanol–water partition coefficient (Wildman–Crippen LogP) is 2.90. The van der Waals surface area contributed by atoms with Gasteiger partial charge in [0.25, 0.3) is 0 Å². The van der Waals surface area contributed by atoms with Gasteiger partial charge in [0.15, 0.2) is 0 Å². The minimum Gasteiger partial charge on any atom is -0.497 e. The maximum absolute atomic E-state index is 6.01. The van der Waals surface area contributed by atoms with Crippen LogP contribution < -0.4 is 15.4 Å². The Bertz CT molecular complexity index is 339. The Hall–Kier alpha value is -1.38. The van der Waals surface area contributed by atoms with E-state index in [-0.39, 0.29) is 0 Å². The first kappa shape index (κ1) is 12.7. The lowest BCUT2D eigenvalue weighted by Gasteiger charge is -2.28. The lowest BCUT2D eigenvalue weighted by atomic mass is 10.1. The molecule has 1 aromatic rings. The van der Waals surface area contributed by atoms with E-state index in [4.69, 9.17) is 10.5 Å². The molecule has 0 saturated heterocycles. The SMILES string of the molecule is CCCC(C)N(C)c1ccc(OC)cc1N. The van der Waals surface area contributed by atoms with Crippen LogP contribution in [0.5, 0.6) is 5.75 Å². The molecule has 1 rings (SSSR count). The van der Waals surface area contributed by atoms with E-state index >= 15 is 0 Å². The number of nitrogens with zero attached hydrogens (tertiary/aromatic N) is 1. The van der Waals surface area contributed by atoms with Crippen LogP contribution in [0.1, 0.15) is 26.7 Å². The van der Waals surface area contributed by atoms with Gasteiger partial charge in [-0.05, 0) is 25.5 Å². The fourth-order valence-electron chi connectivity index (χ4n) is 1.83. The molecule has 3 nitrogen and oxygen atoms in total. The van der Waals surface area contributed by atoms with E-state index in [1.807, 2.05) is 18.2 Å². The van der Waals surface area contributed by atoms with Crippen LogP contribution in [0.25, 0.3) is 0 Å². The molecule has 0 heterocycles. The van der Waals surface area contributed by atoms with Gasteiger partial charge < -0.3 is 15.4 Å². The van der Waals surface area contributed by atoms with E-state index in [0.29, 0.717) is 6.04 Å². The Morgan fingerprint density at radius 3 is 2.62 bits per heavy atom. The molecule has 0 aliphatic carbocycles. The van der Waals surface area contributed by atoms with Gasteiger partial charge in [0.2, 0.25) is 0 Å². The standard InChI is InChI=1S/C13H22N2O/c1-5-6-10(2)15(3)13-8-7-11(16-4)9-12(13)14/h7-10H,5-6,14H2,1-4H3. The first-order chi connectivity index (χ1) is 7.60. The van der Waals surface area contributed by atoms with Gasteiger partial charge in [-0.3, -0.25) is 0 Å². The zero-order valence-corrected chi connectivity index (χ0v) is 10.7. The Labute approximate surface area is 98.2 Å². The highest BCUT2D eigenvalue weighted by Gasteiger charge is 2.12. The molecule has 1 aromatic carbocycles. The number of methoxy groups -OCH3 is 1. The summed E-state index contributed by atoms with van der Waals surface area (Å²) in [5.74, 6) is 0.804. The fraction of sp³-hybridized carbons (Fsp3) is 0.538. The van der Waals surface area contributed by atoms with Crippen molar-refractivity contribution in [1.82, 2.24) is 0 Å². The molecule has 0 aromatic heterocycles. The van der Waals surface area contributed by atoms with E-state index in [2.05, 4.69) is 25.8 Å². The van der Waals surface area contributed by atoms with Crippen molar-refractivity contribution in [3.8, 4) is 5.75 Å². The van der Waals surface area contributed by atoms with Crippen molar-refractivity contribution >= 4 is 11.4 Å². The highest BCUT2D eigenvalue weighted by atomic mass is 16.5. The van der Waals surface area contributed by atoms with Crippen molar-refractivity contribution in [1.29, 1.82) is 0 Å². The zero-order chi connectivity index (χ0) is 12.1. The van der Waals surface area contributed by atoms with Crippen LogP contribution >= 0.6 is 0 Å². The van der Waals surface area contributed by atoms with Gasteiger partial charge >= 0.3 is 0 Å². The number of anilines is 2. The van der Waals surface area contributed by atoms with E-state index < -0.39 is 0 Å². The molecule has 0 aliphatic rings. The van der Waals surface area contributed by atoms with E-state index in [1.54, 1.807) is 7.11 Å². The highest BCUT2D eigenvalue weighted by Crippen LogP contribution is 2.28. The summed E-state index contributed by atoms with van der Waals surface area (Å²) < 4.78 is 5.14. The highest BCUT2D eigenvalue weighted by molar-refractivity contribution is 5.69. The molecule has 1 unspecified atom stereocenters. The van der Waals surface area contributed by atoms with Crippen LogP contribution in [0.3, 0.4) is 0 Å². The molecule has 1 atom stereocenters. The summed E-state index contributed by atoms with van der Waals surface area (Å²) in [7, 11) is 3.73. The molecule has 0 spiro atoms. The number of ether oxygens (including phenoxy) is 1. The Morgan fingerprint density at radius 1 is 1.44 bits per heavy atom. The topological polar surface area (TPSA) is 38.5 Å². The van der Waals surface area contributed by atoms with Crippen molar-refractivity contribution in [2.75, 3.05) is 24.8 Å². The van der Waals surface area contributed by atoms with Crippen LogP contribution in [0.4, 0.5) is 11.4 Å². The molecule has 3 heteroatoms. The number of hydrogen-bond donors (Lipinski definition) is 1. The van der Waals surface area contributed by atoms with Crippen molar-refractivity contribution in [3.63, 3.8) is 0 Å². The number of nitrogens with two attached hydrogens (primary N) is 1. The minimum absolute atomic E-state index is 0.501. The second-order valence-corrected chi connectivity index (χ2v) is 4.17. The van der Waals surface area contributed by atoms with Crippen LogP contribution in [0.15, 0.2) is 18.2 Å². The molecule has 0 fully saturated rings. The summed E-state index contributed by atoms with van der Waals surface area (Å²) in [6, 6.07) is 6.33. The average molecular weight is 222 g/mol. The molecule has 0 aliphatic heterocycles. The minimum atomic E-state index is 0.501. The number of hydrogen-bond acceptors (Lipinski definition) is 3. The van der Waals surface area contributed by atoms with Gasteiger partial charge in [0, 0.05) is 19.2 Å². The van der Waals surface area contributed by atoms with E-state index in [0.717, 1.165) is 17.1 Å². The van der Waals surface area contributed by atoms with Crippen LogP contribution in [0, 0.1) is 0 Å².